The number of pyridine rings is 2. The van der Waals surface area contributed by atoms with Crippen LogP contribution in [0.3, 0.4) is 0 Å². The van der Waals surface area contributed by atoms with Gasteiger partial charge in [0.2, 0.25) is 0 Å². The molecule has 0 N–H and O–H groups in total. The van der Waals surface area contributed by atoms with E-state index in [4.69, 9.17) is 0 Å². The monoisotopic (exact) mass is 566 g/mol. The number of benzene rings is 6. The van der Waals surface area contributed by atoms with Crippen LogP contribution in [0.4, 0.5) is 34.1 Å². The van der Waals surface area contributed by atoms with Crippen LogP contribution in [0.15, 0.2) is 146 Å². The second-order valence-corrected chi connectivity index (χ2v) is 11.3. The third-order valence-corrected chi connectivity index (χ3v) is 8.50. The maximum atomic E-state index is 4.45. The van der Waals surface area contributed by atoms with Gasteiger partial charge in [0.05, 0.1) is 23.8 Å². The van der Waals surface area contributed by atoms with Crippen molar-refractivity contribution in [2.75, 3.05) is 9.80 Å². The van der Waals surface area contributed by atoms with Crippen LogP contribution in [-0.4, -0.2) is 9.97 Å². The van der Waals surface area contributed by atoms with Gasteiger partial charge < -0.3 is 9.80 Å². The molecule has 8 aromatic rings. The van der Waals surface area contributed by atoms with Gasteiger partial charge in [-0.3, -0.25) is 9.97 Å². The minimum atomic E-state index is 1.03. The van der Waals surface area contributed by atoms with Crippen molar-refractivity contribution in [2.24, 2.45) is 0 Å². The van der Waals surface area contributed by atoms with Gasteiger partial charge in [0.15, 0.2) is 0 Å². The highest BCUT2D eigenvalue weighted by Gasteiger charge is 2.20. The lowest BCUT2D eigenvalue weighted by molar-refractivity contribution is 1.23. The van der Waals surface area contributed by atoms with Crippen LogP contribution in [0.25, 0.3) is 32.3 Å². The van der Waals surface area contributed by atoms with E-state index in [1.165, 1.54) is 43.4 Å². The van der Waals surface area contributed by atoms with Gasteiger partial charge in [-0.05, 0) is 130 Å². The summed E-state index contributed by atoms with van der Waals surface area (Å²) >= 11 is 0. The zero-order valence-corrected chi connectivity index (χ0v) is 24.6. The zero-order valence-electron chi connectivity index (χ0n) is 24.6. The third-order valence-electron chi connectivity index (χ3n) is 8.50. The molecule has 0 radical (unpaired) electrons. The molecule has 0 aliphatic rings. The number of aryl methyl sites for hydroxylation is 2. The molecule has 6 aromatic carbocycles. The number of rotatable bonds is 6. The lowest BCUT2D eigenvalue weighted by Gasteiger charge is -2.28. The van der Waals surface area contributed by atoms with Crippen LogP contribution in [0, 0.1) is 13.8 Å². The Kier molecular flexibility index (Phi) is 6.20. The van der Waals surface area contributed by atoms with Gasteiger partial charge in [-0.15, -0.1) is 0 Å². The summed E-state index contributed by atoms with van der Waals surface area (Å²) < 4.78 is 0. The first kappa shape index (κ1) is 25.9. The standard InChI is InChI=1S/C40H30N4/c1-27-19-29-21-36(44(32-13-7-4-8-14-32)34-16-10-18-42-26-34)24-38-28(2)20-30-22-35(23-37(27)39(30)40(29)38)43(31-11-5-3-6-12-31)33-15-9-17-41-25-33/h3-26H,1-2H3. The van der Waals surface area contributed by atoms with Gasteiger partial charge in [-0.1, -0.05) is 48.5 Å². The van der Waals surface area contributed by atoms with E-state index < -0.39 is 0 Å². The molecule has 8 rings (SSSR count). The lowest BCUT2D eigenvalue weighted by atomic mass is 9.88. The normalized spacial score (nSPS) is 11.4. The Morgan fingerprint density at radius 1 is 0.409 bits per heavy atom. The smallest absolute Gasteiger partial charge is 0.0644 e. The van der Waals surface area contributed by atoms with E-state index in [-0.39, 0.29) is 0 Å². The number of hydrogen-bond donors (Lipinski definition) is 0. The first-order chi connectivity index (χ1) is 21.7. The van der Waals surface area contributed by atoms with Crippen LogP contribution in [0.2, 0.25) is 0 Å². The second-order valence-electron chi connectivity index (χ2n) is 11.3. The highest BCUT2D eigenvalue weighted by atomic mass is 15.2. The Hall–Kier alpha value is -5.74. The molecule has 2 heterocycles. The molecule has 210 valence electrons. The van der Waals surface area contributed by atoms with Crippen molar-refractivity contribution in [3.63, 3.8) is 0 Å². The van der Waals surface area contributed by atoms with E-state index in [9.17, 15) is 0 Å². The number of hydrogen-bond acceptors (Lipinski definition) is 4. The fourth-order valence-electron chi connectivity index (χ4n) is 6.61. The summed E-state index contributed by atoms with van der Waals surface area (Å²) in [5.74, 6) is 0. The molecule has 2 aromatic heterocycles. The molecule has 4 heteroatoms. The molecule has 0 spiro atoms. The van der Waals surface area contributed by atoms with Crippen LogP contribution in [0.5, 0.6) is 0 Å². The van der Waals surface area contributed by atoms with Crippen LogP contribution >= 0.6 is 0 Å². The molecule has 0 aliphatic carbocycles. The summed E-state index contributed by atoms with van der Waals surface area (Å²) in [4.78, 5) is 13.5. The molecule has 0 saturated carbocycles. The molecule has 0 saturated heterocycles. The molecule has 0 aliphatic heterocycles. The van der Waals surface area contributed by atoms with Crippen molar-refractivity contribution < 1.29 is 0 Å². The minimum absolute atomic E-state index is 1.03. The number of anilines is 6. The van der Waals surface area contributed by atoms with E-state index in [1.54, 1.807) is 0 Å². The molecular weight excluding hydrogens is 536 g/mol. The van der Waals surface area contributed by atoms with Crippen molar-refractivity contribution in [2.45, 2.75) is 13.8 Å². The Morgan fingerprint density at radius 3 is 1.20 bits per heavy atom. The number of nitrogens with zero attached hydrogens (tertiary/aromatic N) is 4. The van der Waals surface area contributed by atoms with Crippen LogP contribution in [0.1, 0.15) is 11.1 Å². The first-order valence-electron chi connectivity index (χ1n) is 14.9. The SMILES string of the molecule is Cc1cc2cc(N(c3ccccc3)c3cccnc3)cc3c(C)cc4cc(N(c5ccccc5)c5cccnc5)cc1c4c23. The van der Waals surface area contributed by atoms with Crippen molar-refractivity contribution in [3.05, 3.63) is 157 Å². The van der Waals surface area contributed by atoms with E-state index in [0.29, 0.717) is 0 Å². The molecule has 4 nitrogen and oxygen atoms in total. The van der Waals surface area contributed by atoms with E-state index in [0.717, 1.165) is 34.1 Å². The summed E-state index contributed by atoms with van der Waals surface area (Å²) in [6, 6.07) is 43.3. The largest absolute Gasteiger partial charge is 0.309 e. The van der Waals surface area contributed by atoms with Gasteiger partial charge in [0, 0.05) is 35.1 Å². The fraction of sp³-hybridized carbons (Fsp3) is 0.0500. The number of aromatic nitrogens is 2. The van der Waals surface area contributed by atoms with Crippen LogP contribution < -0.4 is 9.80 Å². The Balaban J connectivity index is 1.37. The Morgan fingerprint density at radius 2 is 0.818 bits per heavy atom. The summed E-state index contributed by atoms with van der Waals surface area (Å²) in [6.45, 7) is 4.46. The molecule has 0 bridgehead atoms. The van der Waals surface area contributed by atoms with Gasteiger partial charge in [0.1, 0.15) is 0 Å². The Labute approximate surface area is 256 Å². The van der Waals surface area contributed by atoms with Gasteiger partial charge in [-0.2, -0.15) is 0 Å². The van der Waals surface area contributed by atoms with E-state index >= 15 is 0 Å². The average Bonchev–Trinajstić information content (AvgIpc) is 3.06. The van der Waals surface area contributed by atoms with Gasteiger partial charge >= 0.3 is 0 Å². The van der Waals surface area contributed by atoms with E-state index in [2.05, 4.69) is 143 Å². The lowest BCUT2D eigenvalue weighted by Crippen LogP contribution is -2.11. The summed E-state index contributed by atoms with van der Waals surface area (Å²) in [5.41, 5.74) is 8.99. The number of para-hydroxylation sites is 2. The molecule has 44 heavy (non-hydrogen) atoms. The average molecular weight is 567 g/mol. The highest BCUT2D eigenvalue weighted by Crippen LogP contribution is 2.45. The van der Waals surface area contributed by atoms with Gasteiger partial charge in [-0.25, -0.2) is 0 Å². The molecule has 0 unspecified atom stereocenters. The maximum Gasteiger partial charge on any atom is 0.0644 e. The molecule has 0 atom stereocenters. The minimum Gasteiger partial charge on any atom is -0.309 e. The quantitative estimate of drug-likeness (QED) is 0.187. The molecular formula is C40H30N4. The first-order valence-corrected chi connectivity index (χ1v) is 14.9. The zero-order chi connectivity index (χ0) is 29.6. The summed E-state index contributed by atoms with van der Waals surface area (Å²) in [5, 5.41) is 7.62. The maximum absolute atomic E-state index is 4.45. The topological polar surface area (TPSA) is 32.3 Å². The second kappa shape index (κ2) is 10.5. The van der Waals surface area contributed by atoms with Crippen molar-refractivity contribution >= 4 is 66.4 Å². The molecule has 0 fully saturated rings. The summed E-state index contributed by atoms with van der Waals surface area (Å²) in [6.07, 6.45) is 7.50. The predicted molar refractivity (Wildman–Crippen MR) is 185 cm³/mol. The summed E-state index contributed by atoms with van der Waals surface area (Å²) in [7, 11) is 0. The highest BCUT2D eigenvalue weighted by molar-refractivity contribution is 6.26. The Bertz CT molecular complexity index is 1990. The van der Waals surface area contributed by atoms with Crippen molar-refractivity contribution in [3.8, 4) is 0 Å². The van der Waals surface area contributed by atoms with Gasteiger partial charge in [0.25, 0.3) is 0 Å². The van der Waals surface area contributed by atoms with E-state index in [1.807, 2.05) is 36.9 Å². The third kappa shape index (κ3) is 4.31. The molecule has 0 amide bonds. The van der Waals surface area contributed by atoms with Crippen molar-refractivity contribution in [1.29, 1.82) is 0 Å². The van der Waals surface area contributed by atoms with Crippen LogP contribution in [-0.2, 0) is 0 Å². The predicted octanol–water partition coefficient (Wildman–Crippen LogP) is 10.9. The fourth-order valence-corrected chi connectivity index (χ4v) is 6.61. The van der Waals surface area contributed by atoms with Crippen molar-refractivity contribution in [1.82, 2.24) is 9.97 Å².